The second-order valence-corrected chi connectivity index (χ2v) is 7.69. The molecule has 0 spiro atoms. The lowest BCUT2D eigenvalue weighted by atomic mass is 9.95. The minimum atomic E-state index is -0.459. The fourth-order valence-corrected chi connectivity index (χ4v) is 4.30. The van der Waals surface area contributed by atoms with Crippen LogP contribution in [-0.4, -0.2) is 24.9 Å². The number of ether oxygens (including phenoxy) is 4. The van der Waals surface area contributed by atoms with Gasteiger partial charge in [-0.2, -0.15) is 4.57 Å². The molecule has 6 rings (SSSR count). The van der Waals surface area contributed by atoms with Crippen LogP contribution < -0.4 is 23.5 Å². The number of rotatable bonds is 3. The topological polar surface area (TPSA) is 70.8 Å². The summed E-state index contributed by atoms with van der Waals surface area (Å²) in [6.45, 7) is 1.05. The van der Waals surface area contributed by atoms with E-state index in [1.807, 2.05) is 24.4 Å². The van der Waals surface area contributed by atoms with Crippen molar-refractivity contribution in [2.75, 3.05) is 13.9 Å². The molecule has 0 fully saturated rings. The van der Waals surface area contributed by atoms with E-state index in [0.29, 0.717) is 17.1 Å². The highest BCUT2D eigenvalue weighted by atomic mass is 16.7. The highest BCUT2D eigenvalue weighted by Gasteiger charge is 2.29. The van der Waals surface area contributed by atoms with E-state index in [1.165, 1.54) is 5.56 Å². The van der Waals surface area contributed by atoms with Gasteiger partial charge >= 0.3 is 5.97 Å². The second-order valence-electron chi connectivity index (χ2n) is 7.69. The summed E-state index contributed by atoms with van der Waals surface area (Å²) >= 11 is 0. The van der Waals surface area contributed by atoms with Gasteiger partial charge in [-0.25, -0.2) is 4.79 Å². The highest BCUT2D eigenvalue weighted by Crippen LogP contribution is 2.41. The maximum atomic E-state index is 12.7. The summed E-state index contributed by atoms with van der Waals surface area (Å²) in [5.74, 6) is 2.00. The van der Waals surface area contributed by atoms with E-state index in [9.17, 15) is 4.79 Å². The maximum absolute atomic E-state index is 12.7. The van der Waals surface area contributed by atoms with Gasteiger partial charge in [0, 0.05) is 24.9 Å². The van der Waals surface area contributed by atoms with Crippen molar-refractivity contribution < 1.29 is 28.3 Å². The number of carbonyl (C=O) groups is 1. The van der Waals surface area contributed by atoms with Crippen LogP contribution in [0.3, 0.4) is 0 Å². The number of carbonyl (C=O) groups excluding carboxylic acids is 1. The lowest BCUT2D eigenvalue weighted by Crippen LogP contribution is -2.40. The van der Waals surface area contributed by atoms with Gasteiger partial charge in [0.15, 0.2) is 35.7 Å². The van der Waals surface area contributed by atoms with Crippen LogP contribution >= 0.6 is 0 Å². The normalized spacial score (nSPS) is 13.4. The van der Waals surface area contributed by atoms with Gasteiger partial charge in [-0.15, -0.1) is 0 Å². The van der Waals surface area contributed by atoms with Gasteiger partial charge in [0.25, 0.3) is 0 Å². The minimum absolute atomic E-state index is 0.252. The first-order valence-corrected chi connectivity index (χ1v) is 10.3. The molecule has 0 amide bonds. The third kappa shape index (κ3) is 2.93. The summed E-state index contributed by atoms with van der Waals surface area (Å²) in [4.78, 5) is 16.7. The molecule has 32 heavy (non-hydrogen) atoms. The third-order valence-corrected chi connectivity index (χ3v) is 5.91. The zero-order chi connectivity index (χ0) is 21.7. The Kier molecular flexibility index (Phi) is 4.21. The second kappa shape index (κ2) is 7.23. The first kappa shape index (κ1) is 18.6. The monoisotopic (exact) mass is 427 g/mol. The molecule has 0 saturated heterocycles. The summed E-state index contributed by atoms with van der Waals surface area (Å²) in [7, 11) is 1.56. The van der Waals surface area contributed by atoms with E-state index in [4.69, 9.17) is 18.9 Å². The molecule has 2 aliphatic heterocycles. The van der Waals surface area contributed by atoms with Crippen molar-refractivity contribution in [2.24, 2.45) is 0 Å². The van der Waals surface area contributed by atoms with Gasteiger partial charge in [-0.05, 0) is 47.3 Å². The summed E-state index contributed by atoms with van der Waals surface area (Å²) in [5.41, 5.74) is 3.85. The van der Waals surface area contributed by atoms with Gasteiger partial charge < -0.3 is 18.9 Å². The van der Waals surface area contributed by atoms with Crippen molar-refractivity contribution in [3.8, 4) is 34.3 Å². The smallest absolute Gasteiger partial charge is 0.343 e. The number of benzene rings is 2. The molecule has 0 radical (unpaired) electrons. The molecule has 2 aromatic heterocycles. The molecule has 158 valence electrons. The minimum Gasteiger partial charge on any atom is -0.493 e. The Morgan fingerprint density at radius 2 is 1.88 bits per heavy atom. The number of esters is 1. The van der Waals surface area contributed by atoms with Gasteiger partial charge in [-0.1, -0.05) is 0 Å². The van der Waals surface area contributed by atoms with Crippen molar-refractivity contribution in [1.82, 2.24) is 4.98 Å². The fraction of sp³-hybridized carbons (Fsp3) is 0.160. The van der Waals surface area contributed by atoms with Gasteiger partial charge in [-0.3, -0.25) is 4.98 Å². The summed E-state index contributed by atoms with van der Waals surface area (Å²) in [6, 6.07) is 13.3. The first-order valence-electron chi connectivity index (χ1n) is 10.3. The summed E-state index contributed by atoms with van der Waals surface area (Å²) in [6.07, 6.45) is 6.01. The van der Waals surface area contributed by atoms with Crippen molar-refractivity contribution in [3.05, 3.63) is 72.2 Å². The Morgan fingerprint density at radius 1 is 1.06 bits per heavy atom. The predicted molar refractivity (Wildman–Crippen MR) is 115 cm³/mol. The van der Waals surface area contributed by atoms with Crippen LogP contribution in [0.25, 0.3) is 22.0 Å². The molecule has 7 nitrogen and oxygen atoms in total. The Balaban J connectivity index is 1.48. The highest BCUT2D eigenvalue weighted by molar-refractivity contribution is 5.97. The zero-order valence-corrected chi connectivity index (χ0v) is 17.3. The summed E-state index contributed by atoms with van der Waals surface area (Å²) < 4.78 is 24.6. The van der Waals surface area contributed by atoms with Gasteiger partial charge in [0.05, 0.1) is 23.6 Å². The van der Waals surface area contributed by atoms with Crippen molar-refractivity contribution in [3.63, 3.8) is 0 Å². The molecule has 0 N–H and O–H groups in total. The summed E-state index contributed by atoms with van der Waals surface area (Å²) in [5, 5.41) is 1.75. The molecule has 0 bridgehead atoms. The SMILES string of the molecule is COc1ccc2cc3[n+](cc2c1OC(=O)c1ccncc1)CCc1cc2c(cc1-3)OCO2. The Labute approximate surface area is 183 Å². The number of nitrogens with zero attached hydrogens (tertiary/aromatic N) is 2. The Bertz CT molecular complexity index is 1380. The van der Waals surface area contributed by atoms with E-state index < -0.39 is 5.97 Å². The molecule has 0 unspecified atom stereocenters. The van der Waals surface area contributed by atoms with E-state index in [0.717, 1.165) is 46.5 Å². The van der Waals surface area contributed by atoms with Gasteiger partial charge in [0.2, 0.25) is 12.5 Å². The molecule has 0 saturated carbocycles. The molecule has 2 aromatic carbocycles. The molecule has 2 aliphatic rings. The molecular formula is C25H19N2O5+. The van der Waals surface area contributed by atoms with Crippen LogP contribution in [0.1, 0.15) is 15.9 Å². The first-order chi connectivity index (χ1) is 15.7. The van der Waals surface area contributed by atoms with Crippen LogP contribution in [0.2, 0.25) is 0 Å². The van der Waals surface area contributed by atoms with Crippen molar-refractivity contribution >= 4 is 16.7 Å². The van der Waals surface area contributed by atoms with Crippen molar-refractivity contribution in [2.45, 2.75) is 13.0 Å². The van der Waals surface area contributed by atoms with E-state index in [1.54, 1.807) is 31.6 Å². The maximum Gasteiger partial charge on any atom is 0.343 e. The average Bonchev–Trinajstić information content (AvgIpc) is 3.30. The van der Waals surface area contributed by atoms with Crippen LogP contribution in [-0.2, 0) is 13.0 Å². The van der Waals surface area contributed by atoms with Crippen LogP contribution in [0, 0.1) is 0 Å². The Hall–Kier alpha value is -4.13. The molecule has 4 heterocycles. The number of aromatic nitrogens is 2. The quantitative estimate of drug-likeness (QED) is 0.282. The van der Waals surface area contributed by atoms with E-state index >= 15 is 0 Å². The fourth-order valence-electron chi connectivity index (χ4n) is 4.30. The Morgan fingerprint density at radius 3 is 2.69 bits per heavy atom. The third-order valence-electron chi connectivity index (χ3n) is 5.91. The number of aryl methyl sites for hydroxylation is 2. The molecule has 0 atom stereocenters. The van der Waals surface area contributed by atoms with E-state index in [2.05, 4.69) is 21.7 Å². The lowest BCUT2D eigenvalue weighted by molar-refractivity contribution is -0.686. The largest absolute Gasteiger partial charge is 0.493 e. The molecule has 4 aromatic rings. The standard InChI is InChI=1S/C25H19N2O5/c1-29-21-3-2-16-10-20-18-12-23-22(30-14-31-23)11-17(18)6-9-27(20)13-19(16)24(21)32-25(28)15-4-7-26-8-5-15/h2-5,7-8,10-13H,6,9,14H2,1H3/q+1. The van der Waals surface area contributed by atoms with Crippen LogP contribution in [0.5, 0.6) is 23.0 Å². The molecule has 7 heteroatoms. The van der Waals surface area contributed by atoms with Crippen molar-refractivity contribution in [1.29, 1.82) is 0 Å². The predicted octanol–water partition coefficient (Wildman–Crippen LogP) is 3.70. The number of pyridine rings is 2. The number of methoxy groups -OCH3 is 1. The number of fused-ring (bicyclic) bond motifs is 5. The van der Waals surface area contributed by atoms with E-state index in [-0.39, 0.29) is 6.79 Å². The lowest BCUT2D eigenvalue weighted by Gasteiger charge is -2.17. The zero-order valence-electron chi connectivity index (χ0n) is 17.3. The molecule has 0 aliphatic carbocycles. The average molecular weight is 427 g/mol. The van der Waals surface area contributed by atoms with Crippen LogP contribution in [0.15, 0.2) is 61.1 Å². The molecular weight excluding hydrogens is 408 g/mol. The number of hydrogen-bond acceptors (Lipinski definition) is 6. The van der Waals surface area contributed by atoms with Gasteiger partial charge in [0.1, 0.15) is 0 Å². The van der Waals surface area contributed by atoms with Crippen LogP contribution in [0.4, 0.5) is 0 Å². The number of hydrogen-bond donors (Lipinski definition) is 0.